The summed E-state index contributed by atoms with van der Waals surface area (Å²) in [5.74, 6) is -0.837. The molecule has 0 saturated heterocycles. The number of thioether (sulfide) groups is 1. The van der Waals surface area contributed by atoms with Gasteiger partial charge in [0.2, 0.25) is 0 Å². The first-order valence-electron chi connectivity index (χ1n) is 4.29. The van der Waals surface area contributed by atoms with Gasteiger partial charge in [0.15, 0.2) is 5.82 Å². The van der Waals surface area contributed by atoms with Gasteiger partial charge in [0.05, 0.1) is 10.7 Å². The first-order chi connectivity index (χ1) is 7.40. The molecule has 1 N–H and O–H groups in total. The minimum Gasteiger partial charge on any atom is -0.382 e. The van der Waals surface area contributed by atoms with Crippen molar-refractivity contribution in [3.63, 3.8) is 0 Å². The van der Waals surface area contributed by atoms with Crippen LogP contribution >= 0.6 is 23.4 Å². The SMILES string of the molecule is Fc1c(Cl)cccc1NCCSC(F)(F)F. The van der Waals surface area contributed by atoms with E-state index in [-0.39, 0.29) is 34.8 Å². The van der Waals surface area contributed by atoms with E-state index in [2.05, 4.69) is 5.32 Å². The summed E-state index contributed by atoms with van der Waals surface area (Å²) in [6, 6.07) is 4.30. The van der Waals surface area contributed by atoms with Gasteiger partial charge in [-0.05, 0) is 23.9 Å². The molecule has 0 atom stereocenters. The van der Waals surface area contributed by atoms with Crippen LogP contribution in [0.2, 0.25) is 5.02 Å². The molecule has 1 aromatic carbocycles. The fraction of sp³-hybridized carbons (Fsp3) is 0.333. The maximum absolute atomic E-state index is 13.2. The molecule has 0 bridgehead atoms. The van der Waals surface area contributed by atoms with Crippen molar-refractivity contribution in [2.24, 2.45) is 0 Å². The number of nitrogens with one attached hydrogen (secondary N) is 1. The zero-order valence-electron chi connectivity index (χ0n) is 7.94. The second kappa shape index (κ2) is 5.63. The van der Waals surface area contributed by atoms with E-state index in [0.717, 1.165) is 0 Å². The molecule has 0 aliphatic heterocycles. The molecule has 0 fully saturated rings. The van der Waals surface area contributed by atoms with Gasteiger partial charge in [-0.3, -0.25) is 0 Å². The van der Waals surface area contributed by atoms with Gasteiger partial charge in [0, 0.05) is 12.3 Å². The van der Waals surface area contributed by atoms with Crippen molar-refractivity contribution < 1.29 is 17.6 Å². The Hall–Kier alpha value is -0.620. The lowest BCUT2D eigenvalue weighted by Gasteiger charge is -2.09. The van der Waals surface area contributed by atoms with E-state index in [1.54, 1.807) is 0 Å². The highest BCUT2D eigenvalue weighted by Gasteiger charge is 2.27. The van der Waals surface area contributed by atoms with E-state index < -0.39 is 11.3 Å². The van der Waals surface area contributed by atoms with Crippen LogP contribution in [0.4, 0.5) is 23.2 Å². The Morgan fingerprint density at radius 3 is 2.62 bits per heavy atom. The van der Waals surface area contributed by atoms with Gasteiger partial charge in [-0.2, -0.15) is 13.2 Å². The van der Waals surface area contributed by atoms with Crippen molar-refractivity contribution in [2.75, 3.05) is 17.6 Å². The van der Waals surface area contributed by atoms with Gasteiger partial charge in [0.1, 0.15) is 0 Å². The predicted octanol–water partition coefficient (Wildman–Crippen LogP) is 4.14. The maximum Gasteiger partial charge on any atom is 0.441 e. The molecule has 1 nitrogen and oxygen atoms in total. The largest absolute Gasteiger partial charge is 0.441 e. The molecule has 0 aromatic heterocycles. The number of alkyl halides is 3. The van der Waals surface area contributed by atoms with Crippen LogP contribution in [0.1, 0.15) is 0 Å². The minimum atomic E-state index is -4.26. The molecule has 0 radical (unpaired) electrons. The first-order valence-corrected chi connectivity index (χ1v) is 5.65. The standard InChI is InChI=1S/C9H8ClF4NS/c10-6-2-1-3-7(8(6)11)15-4-5-16-9(12,13)14/h1-3,15H,4-5H2. The molecule has 16 heavy (non-hydrogen) atoms. The summed E-state index contributed by atoms with van der Waals surface area (Å²) in [7, 11) is 0. The molecule has 0 aliphatic carbocycles. The number of hydrogen-bond acceptors (Lipinski definition) is 2. The number of rotatable bonds is 4. The fourth-order valence-corrected chi connectivity index (χ4v) is 1.60. The van der Waals surface area contributed by atoms with Crippen molar-refractivity contribution in [3.8, 4) is 0 Å². The summed E-state index contributed by atoms with van der Waals surface area (Å²) in [5.41, 5.74) is -4.15. The molecule has 1 rings (SSSR count). The lowest BCUT2D eigenvalue weighted by molar-refractivity contribution is -0.0327. The molecule has 7 heteroatoms. The van der Waals surface area contributed by atoms with Crippen LogP contribution < -0.4 is 5.32 Å². The molecule has 0 aliphatic rings. The number of halogens is 5. The van der Waals surface area contributed by atoms with E-state index in [0.29, 0.717) is 0 Å². The van der Waals surface area contributed by atoms with E-state index in [9.17, 15) is 17.6 Å². The van der Waals surface area contributed by atoms with Gasteiger partial charge in [-0.15, -0.1) is 0 Å². The molecule has 1 aromatic rings. The van der Waals surface area contributed by atoms with E-state index >= 15 is 0 Å². The van der Waals surface area contributed by atoms with Crippen molar-refractivity contribution >= 4 is 29.1 Å². The van der Waals surface area contributed by atoms with E-state index in [1.165, 1.54) is 18.2 Å². The Kier molecular flexibility index (Phi) is 4.73. The second-order valence-corrected chi connectivity index (χ2v) is 4.39. The molecule has 0 amide bonds. The normalized spacial score (nSPS) is 11.6. The first kappa shape index (κ1) is 13.4. The topological polar surface area (TPSA) is 12.0 Å². The van der Waals surface area contributed by atoms with Crippen molar-refractivity contribution in [3.05, 3.63) is 29.0 Å². The summed E-state index contributed by atoms with van der Waals surface area (Å²) in [4.78, 5) is 0. The van der Waals surface area contributed by atoms with Crippen LogP contribution in [0.3, 0.4) is 0 Å². The molecular formula is C9H8ClF4NS. The number of benzene rings is 1. The highest BCUT2D eigenvalue weighted by molar-refractivity contribution is 8.00. The molecule has 0 heterocycles. The average Bonchev–Trinajstić information content (AvgIpc) is 2.17. The Balaban J connectivity index is 2.41. The third kappa shape index (κ3) is 4.49. The Labute approximate surface area is 99.2 Å². The van der Waals surface area contributed by atoms with E-state index in [4.69, 9.17) is 11.6 Å². The molecule has 0 saturated carbocycles. The van der Waals surface area contributed by atoms with Gasteiger partial charge < -0.3 is 5.32 Å². The van der Waals surface area contributed by atoms with Gasteiger partial charge in [-0.1, -0.05) is 17.7 Å². The summed E-state index contributed by atoms with van der Waals surface area (Å²) in [5, 5.41) is 2.48. The zero-order valence-corrected chi connectivity index (χ0v) is 9.52. The van der Waals surface area contributed by atoms with Crippen LogP contribution in [0.5, 0.6) is 0 Å². The molecular weight excluding hydrogens is 266 g/mol. The monoisotopic (exact) mass is 273 g/mol. The fourth-order valence-electron chi connectivity index (χ4n) is 0.993. The van der Waals surface area contributed by atoms with Gasteiger partial charge in [-0.25, -0.2) is 4.39 Å². The summed E-state index contributed by atoms with van der Waals surface area (Å²) in [6.45, 7) is 0.0153. The summed E-state index contributed by atoms with van der Waals surface area (Å²) < 4.78 is 48.5. The van der Waals surface area contributed by atoms with Crippen LogP contribution in [0.25, 0.3) is 0 Å². The third-order valence-electron chi connectivity index (χ3n) is 1.63. The Morgan fingerprint density at radius 2 is 2.00 bits per heavy atom. The van der Waals surface area contributed by atoms with Crippen molar-refractivity contribution in [1.82, 2.24) is 0 Å². The maximum atomic E-state index is 13.2. The quantitative estimate of drug-likeness (QED) is 0.653. The highest BCUT2D eigenvalue weighted by atomic mass is 35.5. The minimum absolute atomic E-state index is 0.0153. The predicted molar refractivity (Wildman–Crippen MR) is 58.4 cm³/mol. The van der Waals surface area contributed by atoms with Crippen LogP contribution in [-0.4, -0.2) is 17.8 Å². The lowest BCUT2D eigenvalue weighted by Crippen LogP contribution is -2.10. The smallest absolute Gasteiger partial charge is 0.382 e. The molecule has 0 spiro atoms. The number of anilines is 1. The third-order valence-corrected chi connectivity index (χ3v) is 2.66. The second-order valence-electron chi connectivity index (χ2n) is 2.82. The Bertz CT molecular complexity index is 356. The summed E-state index contributed by atoms with van der Waals surface area (Å²) in [6.07, 6.45) is 0. The lowest BCUT2D eigenvalue weighted by atomic mass is 10.3. The van der Waals surface area contributed by atoms with Crippen LogP contribution in [-0.2, 0) is 0 Å². The van der Waals surface area contributed by atoms with Crippen molar-refractivity contribution in [1.29, 1.82) is 0 Å². The Morgan fingerprint density at radius 1 is 1.31 bits per heavy atom. The number of hydrogen-bond donors (Lipinski definition) is 1. The zero-order chi connectivity index (χ0) is 12.2. The highest BCUT2D eigenvalue weighted by Crippen LogP contribution is 2.30. The van der Waals surface area contributed by atoms with E-state index in [1.807, 2.05) is 0 Å². The average molecular weight is 274 g/mol. The van der Waals surface area contributed by atoms with Crippen LogP contribution in [0.15, 0.2) is 18.2 Å². The van der Waals surface area contributed by atoms with Gasteiger partial charge in [0.25, 0.3) is 0 Å². The van der Waals surface area contributed by atoms with Gasteiger partial charge >= 0.3 is 5.51 Å². The van der Waals surface area contributed by atoms with Crippen LogP contribution in [0, 0.1) is 5.82 Å². The molecule has 0 unspecified atom stereocenters. The van der Waals surface area contributed by atoms with Crippen molar-refractivity contribution in [2.45, 2.75) is 5.51 Å². The summed E-state index contributed by atoms with van der Waals surface area (Å²) >= 11 is 5.34. The molecule has 90 valence electrons.